The van der Waals surface area contributed by atoms with E-state index in [4.69, 9.17) is 0 Å². The summed E-state index contributed by atoms with van der Waals surface area (Å²) >= 11 is 1.88. The Labute approximate surface area is 267 Å². The van der Waals surface area contributed by atoms with Crippen molar-refractivity contribution in [1.82, 2.24) is 0 Å². The third-order valence-corrected chi connectivity index (χ3v) is 10.8. The SMILES string of the molecule is CC1(C)c2ccccc2-c2c(N(c3cccc(-c4ccccc4)c3)c3ccc4c(ccc5sc6ccccc6c54)c3)cccc21. The van der Waals surface area contributed by atoms with Crippen LogP contribution in [0.2, 0.25) is 0 Å². The summed E-state index contributed by atoms with van der Waals surface area (Å²) in [6.45, 7) is 4.71. The van der Waals surface area contributed by atoms with E-state index in [1.165, 1.54) is 70.0 Å². The van der Waals surface area contributed by atoms with Gasteiger partial charge in [-0.05, 0) is 81.1 Å². The third-order valence-electron chi connectivity index (χ3n) is 9.64. The minimum atomic E-state index is -0.0749. The molecule has 0 amide bonds. The molecule has 45 heavy (non-hydrogen) atoms. The first-order valence-electron chi connectivity index (χ1n) is 15.6. The molecular formula is C43H31NS. The lowest BCUT2D eigenvalue weighted by molar-refractivity contribution is 0.660. The fraction of sp³-hybridized carbons (Fsp3) is 0.0698. The van der Waals surface area contributed by atoms with Crippen LogP contribution in [0.4, 0.5) is 17.1 Å². The van der Waals surface area contributed by atoms with Crippen molar-refractivity contribution in [1.29, 1.82) is 0 Å². The summed E-state index contributed by atoms with van der Waals surface area (Å²) < 4.78 is 2.67. The van der Waals surface area contributed by atoms with Gasteiger partial charge in [0, 0.05) is 42.5 Å². The zero-order chi connectivity index (χ0) is 30.1. The molecule has 0 radical (unpaired) electrons. The minimum Gasteiger partial charge on any atom is -0.310 e. The molecule has 1 nitrogen and oxygen atoms in total. The average Bonchev–Trinajstić information content (AvgIpc) is 3.58. The van der Waals surface area contributed by atoms with Crippen LogP contribution in [-0.4, -0.2) is 0 Å². The van der Waals surface area contributed by atoms with Crippen LogP contribution in [-0.2, 0) is 5.41 Å². The van der Waals surface area contributed by atoms with E-state index in [1.54, 1.807) is 0 Å². The van der Waals surface area contributed by atoms with E-state index in [1.807, 2.05) is 11.3 Å². The number of hydrogen-bond donors (Lipinski definition) is 0. The number of nitrogens with zero attached hydrogens (tertiary/aromatic N) is 1. The van der Waals surface area contributed by atoms with Gasteiger partial charge < -0.3 is 4.90 Å². The van der Waals surface area contributed by atoms with Crippen LogP contribution >= 0.6 is 11.3 Å². The van der Waals surface area contributed by atoms with Crippen molar-refractivity contribution in [2.75, 3.05) is 4.90 Å². The molecule has 214 valence electrons. The maximum atomic E-state index is 2.47. The van der Waals surface area contributed by atoms with Crippen LogP contribution in [0, 0.1) is 0 Å². The summed E-state index contributed by atoms with van der Waals surface area (Å²) in [4.78, 5) is 2.47. The van der Waals surface area contributed by atoms with Gasteiger partial charge in [-0.15, -0.1) is 11.3 Å². The molecule has 1 aromatic heterocycles. The van der Waals surface area contributed by atoms with Gasteiger partial charge >= 0.3 is 0 Å². The molecule has 0 unspecified atom stereocenters. The van der Waals surface area contributed by atoms with E-state index in [0.717, 1.165) is 11.4 Å². The van der Waals surface area contributed by atoms with E-state index in [0.29, 0.717) is 0 Å². The predicted octanol–water partition coefficient (Wildman–Crippen LogP) is 12.7. The second kappa shape index (κ2) is 9.92. The number of thiophene rings is 1. The molecule has 0 N–H and O–H groups in total. The van der Waals surface area contributed by atoms with Gasteiger partial charge in [-0.1, -0.05) is 123 Å². The number of anilines is 3. The van der Waals surface area contributed by atoms with E-state index in [-0.39, 0.29) is 5.41 Å². The van der Waals surface area contributed by atoms with Crippen LogP contribution in [0.25, 0.3) is 53.2 Å². The van der Waals surface area contributed by atoms with Crippen molar-refractivity contribution >= 4 is 59.3 Å². The Balaban J connectivity index is 1.31. The molecular weight excluding hydrogens is 563 g/mol. The molecule has 0 atom stereocenters. The minimum absolute atomic E-state index is 0.0749. The van der Waals surface area contributed by atoms with Gasteiger partial charge in [0.1, 0.15) is 0 Å². The quantitative estimate of drug-likeness (QED) is 0.196. The Morgan fingerprint density at radius 2 is 1.24 bits per heavy atom. The molecule has 8 aromatic rings. The van der Waals surface area contributed by atoms with E-state index >= 15 is 0 Å². The lowest BCUT2D eigenvalue weighted by Crippen LogP contribution is -2.16. The normalized spacial score (nSPS) is 13.3. The Morgan fingerprint density at radius 1 is 0.511 bits per heavy atom. The number of hydrogen-bond acceptors (Lipinski definition) is 2. The van der Waals surface area contributed by atoms with Gasteiger partial charge in [-0.2, -0.15) is 0 Å². The Morgan fingerprint density at radius 3 is 2.16 bits per heavy atom. The van der Waals surface area contributed by atoms with Crippen molar-refractivity contribution in [2.45, 2.75) is 19.3 Å². The second-order valence-corrected chi connectivity index (χ2v) is 13.6. The molecule has 0 fully saturated rings. The molecule has 7 aromatic carbocycles. The molecule has 0 saturated carbocycles. The summed E-state index contributed by atoms with van der Waals surface area (Å²) in [5, 5.41) is 5.24. The summed E-state index contributed by atoms with van der Waals surface area (Å²) in [5.41, 5.74) is 11.3. The zero-order valence-corrected chi connectivity index (χ0v) is 26.1. The van der Waals surface area contributed by atoms with Crippen molar-refractivity contribution in [3.05, 3.63) is 163 Å². The topological polar surface area (TPSA) is 3.24 Å². The smallest absolute Gasteiger partial charge is 0.0543 e. The van der Waals surface area contributed by atoms with Crippen molar-refractivity contribution in [3.63, 3.8) is 0 Å². The van der Waals surface area contributed by atoms with Gasteiger partial charge in [0.05, 0.1) is 5.69 Å². The van der Waals surface area contributed by atoms with Gasteiger partial charge in [0.2, 0.25) is 0 Å². The highest BCUT2D eigenvalue weighted by atomic mass is 32.1. The summed E-state index contributed by atoms with van der Waals surface area (Å²) in [6.07, 6.45) is 0. The largest absolute Gasteiger partial charge is 0.310 e. The summed E-state index contributed by atoms with van der Waals surface area (Å²) in [6, 6.07) is 55.8. The maximum Gasteiger partial charge on any atom is 0.0543 e. The van der Waals surface area contributed by atoms with Crippen LogP contribution in [0.15, 0.2) is 152 Å². The Hall–Kier alpha value is -5.18. The van der Waals surface area contributed by atoms with Crippen LogP contribution in [0.3, 0.4) is 0 Å². The molecule has 1 aliphatic carbocycles. The van der Waals surface area contributed by atoms with Crippen LogP contribution in [0.5, 0.6) is 0 Å². The van der Waals surface area contributed by atoms with E-state index in [2.05, 4.69) is 170 Å². The molecule has 0 aliphatic heterocycles. The second-order valence-electron chi connectivity index (χ2n) is 12.6. The van der Waals surface area contributed by atoms with Crippen molar-refractivity contribution < 1.29 is 0 Å². The van der Waals surface area contributed by atoms with E-state index in [9.17, 15) is 0 Å². The monoisotopic (exact) mass is 593 g/mol. The highest BCUT2D eigenvalue weighted by Gasteiger charge is 2.37. The third kappa shape index (κ3) is 3.99. The van der Waals surface area contributed by atoms with Gasteiger partial charge in [-0.3, -0.25) is 0 Å². The lowest BCUT2D eigenvalue weighted by atomic mass is 9.82. The maximum absolute atomic E-state index is 2.47. The standard InChI is InChI=1S/C43H31NS/c1-43(2)36-18-8-6-16-34(36)42-37(43)19-11-20-38(42)44(31-15-10-14-29(26-31)28-12-4-3-5-13-28)32-23-24-33-30(27-32)22-25-40-41(33)35-17-7-9-21-39(35)45-40/h3-27H,1-2H3. The van der Waals surface area contributed by atoms with Gasteiger partial charge in [0.25, 0.3) is 0 Å². The molecule has 0 bridgehead atoms. The first-order valence-corrected chi connectivity index (χ1v) is 16.4. The Kier molecular flexibility index (Phi) is 5.78. The molecule has 0 saturated heterocycles. The molecule has 1 aliphatic rings. The highest BCUT2D eigenvalue weighted by molar-refractivity contribution is 7.26. The van der Waals surface area contributed by atoms with Crippen molar-refractivity contribution in [2.24, 2.45) is 0 Å². The van der Waals surface area contributed by atoms with E-state index < -0.39 is 0 Å². The highest BCUT2D eigenvalue weighted by Crippen LogP contribution is 2.54. The predicted molar refractivity (Wildman–Crippen MR) is 195 cm³/mol. The van der Waals surface area contributed by atoms with Gasteiger partial charge in [-0.25, -0.2) is 0 Å². The summed E-state index contributed by atoms with van der Waals surface area (Å²) in [5.74, 6) is 0. The average molecular weight is 594 g/mol. The fourth-order valence-electron chi connectivity index (χ4n) is 7.48. The molecule has 0 spiro atoms. The molecule has 1 heterocycles. The van der Waals surface area contributed by atoms with Gasteiger partial charge in [0.15, 0.2) is 0 Å². The van der Waals surface area contributed by atoms with Crippen LogP contribution in [0.1, 0.15) is 25.0 Å². The fourth-order valence-corrected chi connectivity index (χ4v) is 8.61. The summed E-state index contributed by atoms with van der Waals surface area (Å²) in [7, 11) is 0. The number of rotatable bonds is 4. The molecule has 9 rings (SSSR count). The van der Waals surface area contributed by atoms with Crippen LogP contribution < -0.4 is 4.90 Å². The lowest BCUT2D eigenvalue weighted by Gasteiger charge is -2.29. The number of benzene rings is 7. The van der Waals surface area contributed by atoms with Crippen molar-refractivity contribution in [3.8, 4) is 22.3 Å². The Bertz CT molecular complexity index is 2410. The molecule has 2 heteroatoms. The first kappa shape index (κ1) is 26.2. The number of fused-ring (bicyclic) bond motifs is 8. The first-order chi connectivity index (χ1) is 22.1. The zero-order valence-electron chi connectivity index (χ0n) is 25.3.